The number of methoxy groups -OCH3 is 1. The molecule has 100 valence electrons. The molecule has 1 atom stereocenters. The Hall–Kier alpha value is -1.49. The third-order valence-corrected chi connectivity index (χ3v) is 2.60. The molecule has 0 aromatic heterocycles. The van der Waals surface area contributed by atoms with Gasteiger partial charge in [0.2, 0.25) is 0 Å². The maximum atomic E-state index is 12.4. The minimum absolute atomic E-state index is 0.0415. The van der Waals surface area contributed by atoms with Crippen molar-refractivity contribution in [1.29, 1.82) is 0 Å². The molecular weight excluding hydrogens is 245 g/mol. The van der Waals surface area contributed by atoms with Crippen molar-refractivity contribution in [2.24, 2.45) is 0 Å². The van der Waals surface area contributed by atoms with E-state index in [0.29, 0.717) is 5.56 Å². The van der Waals surface area contributed by atoms with E-state index in [1.807, 2.05) is 6.92 Å². The molecule has 0 fully saturated rings. The van der Waals surface area contributed by atoms with Crippen LogP contribution < -0.4 is 0 Å². The van der Waals surface area contributed by atoms with E-state index in [2.05, 4.69) is 0 Å². The predicted octanol–water partition coefficient (Wildman–Crippen LogP) is 3.30. The van der Waals surface area contributed by atoms with Gasteiger partial charge >= 0.3 is 6.18 Å². The SMILES string of the molecule is CO/C(=C(/C)C(O)C(F)(F)F)c1ccc(C)cc1. The summed E-state index contributed by atoms with van der Waals surface area (Å²) in [6, 6.07) is 6.84. The lowest BCUT2D eigenvalue weighted by Crippen LogP contribution is -2.30. The second-order valence-electron chi connectivity index (χ2n) is 4.03. The molecule has 2 nitrogen and oxygen atoms in total. The quantitative estimate of drug-likeness (QED) is 0.845. The average molecular weight is 260 g/mol. The van der Waals surface area contributed by atoms with Gasteiger partial charge in [0.25, 0.3) is 0 Å². The number of halogens is 3. The summed E-state index contributed by atoms with van der Waals surface area (Å²) in [6.45, 7) is 3.08. The van der Waals surface area contributed by atoms with Crippen molar-refractivity contribution in [3.63, 3.8) is 0 Å². The summed E-state index contributed by atoms with van der Waals surface area (Å²) < 4.78 is 42.3. The Morgan fingerprint density at radius 1 is 1.22 bits per heavy atom. The fourth-order valence-corrected chi connectivity index (χ4v) is 1.58. The molecule has 0 bridgehead atoms. The van der Waals surface area contributed by atoms with E-state index in [4.69, 9.17) is 4.74 Å². The average Bonchev–Trinajstić information content (AvgIpc) is 2.30. The second kappa shape index (κ2) is 5.44. The topological polar surface area (TPSA) is 29.5 Å². The zero-order chi connectivity index (χ0) is 13.9. The number of alkyl halides is 3. The van der Waals surface area contributed by atoms with E-state index >= 15 is 0 Å². The summed E-state index contributed by atoms with van der Waals surface area (Å²) in [5, 5.41) is 9.21. The van der Waals surface area contributed by atoms with E-state index < -0.39 is 12.3 Å². The highest BCUT2D eigenvalue weighted by atomic mass is 19.4. The molecule has 1 aromatic carbocycles. The van der Waals surface area contributed by atoms with Crippen LogP contribution >= 0.6 is 0 Å². The van der Waals surface area contributed by atoms with Crippen LogP contribution in [0.1, 0.15) is 18.1 Å². The second-order valence-corrected chi connectivity index (χ2v) is 4.03. The number of aryl methyl sites for hydroxylation is 1. The Bertz CT molecular complexity index is 433. The Morgan fingerprint density at radius 3 is 2.11 bits per heavy atom. The molecule has 5 heteroatoms. The van der Waals surface area contributed by atoms with E-state index in [1.54, 1.807) is 24.3 Å². The molecule has 0 aliphatic rings. The number of ether oxygens (including phenoxy) is 1. The van der Waals surface area contributed by atoms with Gasteiger partial charge in [0.05, 0.1) is 7.11 Å². The normalized spacial score (nSPS) is 15.1. The van der Waals surface area contributed by atoms with Gasteiger partial charge in [-0.2, -0.15) is 13.2 Å². The van der Waals surface area contributed by atoms with Crippen LogP contribution in [0, 0.1) is 6.92 Å². The molecule has 1 unspecified atom stereocenters. The smallest absolute Gasteiger partial charge is 0.418 e. The maximum absolute atomic E-state index is 12.4. The maximum Gasteiger partial charge on any atom is 0.418 e. The third-order valence-electron chi connectivity index (χ3n) is 2.60. The molecule has 0 aliphatic heterocycles. The zero-order valence-corrected chi connectivity index (χ0v) is 10.4. The highest BCUT2D eigenvalue weighted by Gasteiger charge is 2.40. The number of aliphatic hydroxyl groups excluding tert-OH is 1. The molecule has 1 aromatic rings. The predicted molar refractivity (Wildman–Crippen MR) is 62.8 cm³/mol. The largest absolute Gasteiger partial charge is 0.496 e. The van der Waals surface area contributed by atoms with Gasteiger partial charge in [-0.1, -0.05) is 29.8 Å². The van der Waals surface area contributed by atoms with Gasteiger partial charge in [0.15, 0.2) is 6.10 Å². The monoisotopic (exact) mass is 260 g/mol. The Balaban J connectivity index is 3.19. The highest BCUT2D eigenvalue weighted by molar-refractivity contribution is 5.63. The van der Waals surface area contributed by atoms with Crippen molar-refractivity contribution in [2.75, 3.05) is 7.11 Å². The highest BCUT2D eigenvalue weighted by Crippen LogP contribution is 2.30. The van der Waals surface area contributed by atoms with Crippen LogP contribution in [0.15, 0.2) is 29.8 Å². The molecule has 1 N–H and O–H groups in total. The zero-order valence-electron chi connectivity index (χ0n) is 10.4. The van der Waals surface area contributed by atoms with Crippen LogP contribution in [0.2, 0.25) is 0 Å². The van der Waals surface area contributed by atoms with Crippen LogP contribution in [0.4, 0.5) is 13.2 Å². The lowest BCUT2D eigenvalue weighted by Gasteiger charge is -2.18. The summed E-state index contributed by atoms with van der Waals surface area (Å²) in [4.78, 5) is 0. The molecule has 18 heavy (non-hydrogen) atoms. The van der Waals surface area contributed by atoms with Gasteiger partial charge in [0.1, 0.15) is 5.76 Å². The standard InChI is InChI=1S/C13H15F3O2/c1-8-4-6-10(7-5-8)11(18-3)9(2)12(17)13(14,15)16/h4-7,12,17H,1-3H3/b11-9-. The molecule has 0 aliphatic carbocycles. The van der Waals surface area contributed by atoms with Crippen LogP contribution in [0.5, 0.6) is 0 Å². The molecule has 0 amide bonds. The number of aliphatic hydroxyl groups is 1. The van der Waals surface area contributed by atoms with E-state index in [-0.39, 0.29) is 11.3 Å². The molecule has 0 heterocycles. The first kappa shape index (κ1) is 14.6. The van der Waals surface area contributed by atoms with Crippen LogP contribution in [-0.2, 0) is 4.74 Å². The van der Waals surface area contributed by atoms with Gasteiger partial charge in [-0.3, -0.25) is 0 Å². The minimum atomic E-state index is -4.70. The van der Waals surface area contributed by atoms with Crippen LogP contribution in [0.3, 0.4) is 0 Å². The molecule has 0 radical (unpaired) electrons. The van der Waals surface area contributed by atoms with Crippen molar-refractivity contribution in [2.45, 2.75) is 26.1 Å². The van der Waals surface area contributed by atoms with Gasteiger partial charge in [-0.05, 0) is 13.8 Å². The Labute approximate surface area is 104 Å². The molecular formula is C13H15F3O2. The van der Waals surface area contributed by atoms with Gasteiger partial charge in [0, 0.05) is 11.1 Å². The van der Waals surface area contributed by atoms with Crippen LogP contribution in [0.25, 0.3) is 5.76 Å². The summed E-state index contributed by atoms with van der Waals surface area (Å²) in [5.74, 6) is 0.0415. The number of rotatable bonds is 3. The first-order valence-electron chi connectivity index (χ1n) is 5.34. The van der Waals surface area contributed by atoms with Crippen molar-refractivity contribution < 1.29 is 23.0 Å². The third kappa shape index (κ3) is 3.26. The van der Waals surface area contributed by atoms with Gasteiger partial charge < -0.3 is 9.84 Å². The molecule has 0 saturated heterocycles. The van der Waals surface area contributed by atoms with Crippen LogP contribution in [-0.4, -0.2) is 24.5 Å². The fourth-order valence-electron chi connectivity index (χ4n) is 1.58. The molecule has 0 saturated carbocycles. The summed E-state index contributed by atoms with van der Waals surface area (Å²) >= 11 is 0. The number of hydrogen-bond acceptors (Lipinski definition) is 2. The first-order chi connectivity index (χ1) is 8.27. The summed E-state index contributed by atoms with van der Waals surface area (Å²) in [7, 11) is 1.28. The lowest BCUT2D eigenvalue weighted by atomic mass is 10.0. The van der Waals surface area contributed by atoms with Crippen molar-refractivity contribution in [3.8, 4) is 0 Å². The summed E-state index contributed by atoms with van der Waals surface area (Å²) in [5.41, 5.74) is 1.24. The number of hydrogen-bond donors (Lipinski definition) is 1. The molecule has 0 spiro atoms. The van der Waals surface area contributed by atoms with E-state index in [0.717, 1.165) is 5.56 Å². The first-order valence-corrected chi connectivity index (χ1v) is 5.34. The van der Waals surface area contributed by atoms with E-state index in [1.165, 1.54) is 14.0 Å². The minimum Gasteiger partial charge on any atom is -0.496 e. The Kier molecular flexibility index (Phi) is 4.40. The fraction of sp³-hybridized carbons (Fsp3) is 0.385. The molecule has 1 rings (SSSR count). The van der Waals surface area contributed by atoms with Gasteiger partial charge in [-0.25, -0.2) is 0 Å². The lowest BCUT2D eigenvalue weighted by molar-refractivity contribution is -0.191. The van der Waals surface area contributed by atoms with Gasteiger partial charge in [-0.15, -0.1) is 0 Å². The Morgan fingerprint density at radius 2 is 1.72 bits per heavy atom. The van der Waals surface area contributed by atoms with Crippen molar-refractivity contribution in [1.82, 2.24) is 0 Å². The van der Waals surface area contributed by atoms with Crippen molar-refractivity contribution in [3.05, 3.63) is 41.0 Å². The van der Waals surface area contributed by atoms with Crippen molar-refractivity contribution >= 4 is 5.76 Å². The van der Waals surface area contributed by atoms with E-state index in [9.17, 15) is 18.3 Å². The number of benzene rings is 1. The summed E-state index contributed by atoms with van der Waals surface area (Å²) in [6.07, 6.45) is -7.22.